The molecular weight excluding hydrogens is 292 g/mol. The van der Waals surface area contributed by atoms with Crippen LogP contribution < -0.4 is 11.1 Å². The lowest BCUT2D eigenvalue weighted by molar-refractivity contribution is 0.146. The van der Waals surface area contributed by atoms with Gasteiger partial charge in [-0.3, -0.25) is 0 Å². The predicted molar refractivity (Wildman–Crippen MR) is 110 cm³/mol. The van der Waals surface area contributed by atoms with Gasteiger partial charge in [-0.05, 0) is 52.4 Å². The van der Waals surface area contributed by atoms with Crippen LogP contribution in [0.2, 0.25) is 0 Å². The number of rotatable bonds is 11. The minimum absolute atomic E-state index is 0.0536. The van der Waals surface area contributed by atoms with Crippen molar-refractivity contribution < 1.29 is 0 Å². The molecule has 3 atom stereocenters. The summed E-state index contributed by atoms with van der Waals surface area (Å²) in [5.74, 6) is 0.459. The SMILES string of the molecule is C=C(C(C)N[C@](C)(CC)C(=C)C(C)C)C(CC)(CC)[C@](C)(N)CC. The second-order valence-electron chi connectivity index (χ2n) is 8.32. The zero-order chi connectivity index (χ0) is 19.3. The molecule has 0 aliphatic carbocycles. The average Bonchev–Trinajstić information content (AvgIpc) is 2.54. The van der Waals surface area contributed by atoms with E-state index in [4.69, 9.17) is 5.73 Å². The summed E-state index contributed by atoms with van der Waals surface area (Å²) >= 11 is 0. The standard InChI is InChI=1S/C22H44N2/c1-12-20(10,17(7)16(5)6)24-19(9)18(8)22(14-3,15-4)21(11,23)13-2/h16,19,24H,7-8,12-15,23H2,1-6,9-11H3/t19?,20-,21-/m1/s1. The summed E-state index contributed by atoms with van der Waals surface area (Å²) in [5.41, 5.74) is 8.86. The van der Waals surface area contributed by atoms with E-state index in [0.717, 1.165) is 25.7 Å². The van der Waals surface area contributed by atoms with Crippen molar-refractivity contribution in [3.05, 3.63) is 24.3 Å². The van der Waals surface area contributed by atoms with Crippen molar-refractivity contribution in [2.24, 2.45) is 17.1 Å². The van der Waals surface area contributed by atoms with Crippen LogP contribution in [0, 0.1) is 11.3 Å². The smallest absolute Gasteiger partial charge is 0.0367 e. The molecule has 0 spiro atoms. The van der Waals surface area contributed by atoms with Gasteiger partial charge in [0.15, 0.2) is 0 Å². The Morgan fingerprint density at radius 1 is 0.875 bits per heavy atom. The zero-order valence-corrected chi connectivity index (χ0v) is 18.0. The molecule has 142 valence electrons. The minimum atomic E-state index is -0.249. The van der Waals surface area contributed by atoms with Gasteiger partial charge in [-0.15, -0.1) is 0 Å². The molecular formula is C22H44N2. The van der Waals surface area contributed by atoms with Crippen LogP contribution in [0.5, 0.6) is 0 Å². The molecule has 0 aliphatic heterocycles. The molecule has 0 fully saturated rings. The molecule has 0 aromatic carbocycles. The highest BCUT2D eigenvalue weighted by Crippen LogP contribution is 2.46. The van der Waals surface area contributed by atoms with E-state index in [2.05, 4.69) is 80.8 Å². The Hall–Kier alpha value is -0.600. The second kappa shape index (κ2) is 8.67. The molecule has 2 heteroatoms. The van der Waals surface area contributed by atoms with Crippen molar-refractivity contribution in [1.82, 2.24) is 5.32 Å². The van der Waals surface area contributed by atoms with Crippen molar-refractivity contribution >= 4 is 0 Å². The molecule has 0 aliphatic rings. The van der Waals surface area contributed by atoms with E-state index in [1.807, 2.05) is 0 Å². The molecule has 0 bridgehead atoms. The van der Waals surface area contributed by atoms with E-state index < -0.39 is 0 Å². The monoisotopic (exact) mass is 336 g/mol. The molecule has 1 unspecified atom stereocenters. The summed E-state index contributed by atoms with van der Waals surface area (Å²) < 4.78 is 0. The second-order valence-corrected chi connectivity index (χ2v) is 8.32. The Bertz CT molecular complexity index is 429. The first-order valence-corrected chi connectivity index (χ1v) is 9.84. The molecule has 0 heterocycles. The van der Waals surface area contributed by atoms with Gasteiger partial charge in [0, 0.05) is 22.5 Å². The normalized spacial score (nSPS) is 18.8. The maximum atomic E-state index is 6.75. The van der Waals surface area contributed by atoms with Gasteiger partial charge < -0.3 is 11.1 Å². The van der Waals surface area contributed by atoms with Gasteiger partial charge >= 0.3 is 0 Å². The van der Waals surface area contributed by atoms with Crippen LogP contribution in [0.1, 0.15) is 88.0 Å². The Kier molecular flexibility index (Phi) is 8.45. The van der Waals surface area contributed by atoms with Crippen LogP contribution in [0.15, 0.2) is 24.3 Å². The largest absolute Gasteiger partial charge is 0.325 e. The maximum absolute atomic E-state index is 6.75. The molecule has 3 N–H and O–H groups in total. The van der Waals surface area contributed by atoms with Crippen LogP contribution in [0.3, 0.4) is 0 Å². The van der Waals surface area contributed by atoms with E-state index in [-0.39, 0.29) is 22.5 Å². The summed E-state index contributed by atoms with van der Waals surface area (Å²) in [7, 11) is 0. The summed E-state index contributed by atoms with van der Waals surface area (Å²) in [6.07, 6.45) is 4.00. The lowest BCUT2D eigenvalue weighted by atomic mass is 9.60. The van der Waals surface area contributed by atoms with Gasteiger partial charge in [0.2, 0.25) is 0 Å². The highest BCUT2D eigenvalue weighted by atomic mass is 15.0. The lowest BCUT2D eigenvalue weighted by Gasteiger charge is -2.50. The van der Waals surface area contributed by atoms with Crippen LogP contribution >= 0.6 is 0 Å². The van der Waals surface area contributed by atoms with E-state index in [0.29, 0.717) is 5.92 Å². The van der Waals surface area contributed by atoms with Gasteiger partial charge in [0.1, 0.15) is 0 Å². The van der Waals surface area contributed by atoms with Crippen LogP contribution in [-0.2, 0) is 0 Å². The van der Waals surface area contributed by atoms with Gasteiger partial charge in [0.25, 0.3) is 0 Å². The van der Waals surface area contributed by atoms with Crippen LogP contribution in [-0.4, -0.2) is 17.1 Å². The van der Waals surface area contributed by atoms with Gasteiger partial charge in [-0.25, -0.2) is 0 Å². The fraction of sp³-hybridized carbons (Fsp3) is 0.818. The maximum Gasteiger partial charge on any atom is 0.0367 e. The summed E-state index contributed by atoms with van der Waals surface area (Å²) in [6, 6.07) is 0.194. The Morgan fingerprint density at radius 2 is 1.33 bits per heavy atom. The molecule has 0 amide bonds. The van der Waals surface area contributed by atoms with Crippen molar-refractivity contribution in [3.8, 4) is 0 Å². The third-order valence-electron chi connectivity index (χ3n) is 6.82. The first-order chi connectivity index (χ1) is 10.9. The third kappa shape index (κ3) is 4.32. The predicted octanol–water partition coefficient (Wildman–Crippen LogP) is 5.84. The first kappa shape index (κ1) is 23.4. The third-order valence-corrected chi connectivity index (χ3v) is 6.82. The molecule has 0 radical (unpaired) electrons. The fourth-order valence-corrected chi connectivity index (χ4v) is 4.26. The molecule has 0 saturated heterocycles. The molecule has 0 aromatic rings. The van der Waals surface area contributed by atoms with Crippen molar-refractivity contribution in [1.29, 1.82) is 0 Å². The van der Waals surface area contributed by atoms with Crippen molar-refractivity contribution in [3.63, 3.8) is 0 Å². The molecule has 0 saturated carbocycles. The van der Waals surface area contributed by atoms with E-state index in [1.165, 1.54) is 11.1 Å². The minimum Gasteiger partial charge on any atom is -0.325 e. The number of hydrogen-bond donors (Lipinski definition) is 2. The summed E-state index contributed by atoms with van der Waals surface area (Å²) in [6.45, 7) is 28.9. The number of nitrogens with two attached hydrogens (primary N) is 1. The molecule has 24 heavy (non-hydrogen) atoms. The summed E-state index contributed by atoms with van der Waals surface area (Å²) in [5, 5.41) is 3.84. The molecule has 0 rings (SSSR count). The zero-order valence-electron chi connectivity index (χ0n) is 18.0. The fourth-order valence-electron chi connectivity index (χ4n) is 4.26. The first-order valence-electron chi connectivity index (χ1n) is 9.84. The number of nitrogens with one attached hydrogen (secondary N) is 1. The Morgan fingerprint density at radius 3 is 1.62 bits per heavy atom. The van der Waals surface area contributed by atoms with E-state index >= 15 is 0 Å². The highest BCUT2D eigenvalue weighted by Gasteiger charge is 2.45. The van der Waals surface area contributed by atoms with Gasteiger partial charge in [0.05, 0.1) is 0 Å². The average molecular weight is 337 g/mol. The topological polar surface area (TPSA) is 38.0 Å². The van der Waals surface area contributed by atoms with Crippen LogP contribution in [0.4, 0.5) is 0 Å². The van der Waals surface area contributed by atoms with Gasteiger partial charge in [-0.2, -0.15) is 0 Å². The number of hydrogen-bond acceptors (Lipinski definition) is 2. The summed E-state index contributed by atoms with van der Waals surface area (Å²) in [4.78, 5) is 0. The van der Waals surface area contributed by atoms with E-state index in [9.17, 15) is 0 Å². The molecule has 2 nitrogen and oxygen atoms in total. The highest BCUT2D eigenvalue weighted by molar-refractivity contribution is 5.26. The molecule has 0 aromatic heterocycles. The van der Waals surface area contributed by atoms with Gasteiger partial charge in [-0.1, -0.05) is 65.8 Å². The van der Waals surface area contributed by atoms with E-state index in [1.54, 1.807) is 0 Å². The van der Waals surface area contributed by atoms with Crippen molar-refractivity contribution in [2.75, 3.05) is 0 Å². The lowest BCUT2D eigenvalue weighted by Crippen LogP contribution is -2.58. The van der Waals surface area contributed by atoms with Crippen molar-refractivity contribution in [2.45, 2.75) is 105 Å². The Balaban J connectivity index is 5.66. The Labute approximate surface area is 152 Å². The van der Waals surface area contributed by atoms with Crippen LogP contribution in [0.25, 0.3) is 0 Å². The quantitative estimate of drug-likeness (QED) is 0.465.